The number of thiazole rings is 1. The number of aliphatic hydroxyl groups excluding tert-OH is 1. The van der Waals surface area contributed by atoms with Gasteiger partial charge in [0.2, 0.25) is 0 Å². The number of hydrogen-bond acceptors (Lipinski definition) is 6. The van der Waals surface area contributed by atoms with Gasteiger partial charge in [0.1, 0.15) is 5.01 Å². The van der Waals surface area contributed by atoms with Crippen molar-refractivity contribution in [1.29, 1.82) is 0 Å². The summed E-state index contributed by atoms with van der Waals surface area (Å²) in [6, 6.07) is 8.74. The Balaban J connectivity index is 1.89. The quantitative estimate of drug-likeness (QED) is 0.652. The van der Waals surface area contributed by atoms with E-state index in [9.17, 15) is 9.90 Å². The summed E-state index contributed by atoms with van der Waals surface area (Å²) in [5.74, 6) is 0.717. The lowest BCUT2D eigenvalue weighted by atomic mass is 10.1. The summed E-state index contributed by atoms with van der Waals surface area (Å²) in [6.45, 7) is -0.0976. The van der Waals surface area contributed by atoms with E-state index in [0.29, 0.717) is 32.2 Å². The van der Waals surface area contributed by atoms with Crippen molar-refractivity contribution in [2.45, 2.75) is 6.61 Å². The molecule has 0 aliphatic heterocycles. The third kappa shape index (κ3) is 3.60. The second kappa shape index (κ2) is 7.38. The zero-order valence-corrected chi connectivity index (χ0v) is 15.9. The molecular formula is C17H15BrN2O4S. The highest BCUT2D eigenvalue weighted by Crippen LogP contribution is 2.34. The number of halogens is 1. The summed E-state index contributed by atoms with van der Waals surface area (Å²) in [4.78, 5) is 16.9. The highest BCUT2D eigenvalue weighted by atomic mass is 79.9. The Morgan fingerprint density at radius 1 is 1.24 bits per heavy atom. The summed E-state index contributed by atoms with van der Waals surface area (Å²) in [7, 11) is 3.05. The molecule has 1 aromatic heterocycles. The number of methoxy groups -OCH3 is 2. The van der Waals surface area contributed by atoms with E-state index in [4.69, 9.17) is 9.47 Å². The van der Waals surface area contributed by atoms with Crippen LogP contribution in [0.15, 0.2) is 34.8 Å². The molecule has 0 aliphatic carbocycles. The molecule has 2 N–H and O–H groups in total. The number of aliphatic hydroxyl groups is 1. The minimum atomic E-state index is -0.287. The van der Waals surface area contributed by atoms with Crippen molar-refractivity contribution >= 4 is 49.1 Å². The van der Waals surface area contributed by atoms with Gasteiger partial charge in [-0.25, -0.2) is 4.98 Å². The molecule has 130 valence electrons. The van der Waals surface area contributed by atoms with Gasteiger partial charge in [-0.3, -0.25) is 4.79 Å². The molecule has 0 fully saturated rings. The molecule has 8 heteroatoms. The Morgan fingerprint density at radius 2 is 1.96 bits per heavy atom. The summed E-state index contributed by atoms with van der Waals surface area (Å²) in [5.41, 5.74) is 1.78. The summed E-state index contributed by atoms with van der Waals surface area (Å²) >= 11 is 4.80. The SMILES string of the molecule is COc1cc(Br)c(C(=O)Nc2ccc3sc(CO)nc3c2)cc1OC. The van der Waals surface area contributed by atoms with Crippen LogP contribution in [-0.4, -0.2) is 30.2 Å². The van der Waals surface area contributed by atoms with Crippen LogP contribution in [0.2, 0.25) is 0 Å². The Labute approximate surface area is 156 Å². The van der Waals surface area contributed by atoms with Crippen molar-refractivity contribution in [3.05, 3.63) is 45.4 Å². The second-order valence-corrected chi connectivity index (χ2v) is 7.06. The van der Waals surface area contributed by atoms with E-state index in [1.54, 1.807) is 24.3 Å². The Kier molecular flexibility index (Phi) is 5.22. The monoisotopic (exact) mass is 422 g/mol. The molecular weight excluding hydrogens is 408 g/mol. The standard InChI is InChI=1S/C17H15BrN2O4S/c1-23-13-6-10(11(18)7-14(13)24-2)17(22)19-9-3-4-15-12(5-9)20-16(8-21)25-15/h3-7,21H,8H2,1-2H3,(H,19,22). The minimum absolute atomic E-state index is 0.0976. The van der Waals surface area contributed by atoms with Crippen molar-refractivity contribution in [1.82, 2.24) is 4.98 Å². The number of rotatable bonds is 5. The van der Waals surface area contributed by atoms with Crippen LogP contribution < -0.4 is 14.8 Å². The van der Waals surface area contributed by atoms with Gasteiger partial charge in [0.05, 0.1) is 36.6 Å². The molecule has 1 heterocycles. The third-order valence-corrected chi connectivity index (χ3v) is 5.22. The molecule has 0 aliphatic rings. The minimum Gasteiger partial charge on any atom is -0.493 e. The van der Waals surface area contributed by atoms with E-state index >= 15 is 0 Å². The molecule has 0 atom stereocenters. The number of benzene rings is 2. The van der Waals surface area contributed by atoms with E-state index in [2.05, 4.69) is 26.2 Å². The normalized spacial score (nSPS) is 10.7. The lowest BCUT2D eigenvalue weighted by molar-refractivity contribution is 0.102. The van der Waals surface area contributed by atoms with Crippen LogP contribution in [0.5, 0.6) is 11.5 Å². The number of anilines is 1. The molecule has 0 spiro atoms. The van der Waals surface area contributed by atoms with Crippen LogP contribution in [0.4, 0.5) is 5.69 Å². The number of hydrogen-bond donors (Lipinski definition) is 2. The number of fused-ring (bicyclic) bond motifs is 1. The van der Waals surface area contributed by atoms with Crippen LogP contribution in [-0.2, 0) is 6.61 Å². The van der Waals surface area contributed by atoms with E-state index in [1.807, 2.05) is 6.07 Å². The van der Waals surface area contributed by atoms with Gasteiger partial charge in [-0.2, -0.15) is 0 Å². The maximum absolute atomic E-state index is 12.6. The molecule has 25 heavy (non-hydrogen) atoms. The fourth-order valence-electron chi connectivity index (χ4n) is 2.35. The van der Waals surface area contributed by atoms with Crippen LogP contribution >= 0.6 is 27.3 Å². The van der Waals surface area contributed by atoms with Gasteiger partial charge in [-0.05, 0) is 46.3 Å². The first-order valence-corrected chi connectivity index (χ1v) is 8.90. The predicted octanol–water partition coefficient (Wildman–Crippen LogP) is 3.82. The summed E-state index contributed by atoms with van der Waals surface area (Å²) in [5, 5.41) is 12.7. The molecule has 0 saturated heterocycles. The second-order valence-electron chi connectivity index (χ2n) is 5.09. The van der Waals surface area contributed by atoms with Gasteiger partial charge >= 0.3 is 0 Å². The first-order valence-electron chi connectivity index (χ1n) is 7.29. The molecule has 2 aromatic carbocycles. The maximum Gasteiger partial charge on any atom is 0.256 e. The summed E-state index contributed by atoms with van der Waals surface area (Å²) < 4.78 is 12.0. The molecule has 1 amide bonds. The number of aromatic nitrogens is 1. The number of amides is 1. The average Bonchev–Trinajstić information content (AvgIpc) is 3.03. The molecule has 0 saturated carbocycles. The van der Waals surface area contributed by atoms with Crippen molar-refractivity contribution in [2.75, 3.05) is 19.5 Å². The Hall–Kier alpha value is -2.16. The number of ether oxygens (including phenoxy) is 2. The first kappa shape index (κ1) is 17.7. The molecule has 6 nitrogen and oxygen atoms in total. The first-order chi connectivity index (χ1) is 12.0. The highest BCUT2D eigenvalue weighted by molar-refractivity contribution is 9.10. The van der Waals surface area contributed by atoms with Crippen molar-refractivity contribution in [3.63, 3.8) is 0 Å². The zero-order chi connectivity index (χ0) is 18.0. The summed E-state index contributed by atoms with van der Waals surface area (Å²) in [6.07, 6.45) is 0. The highest BCUT2D eigenvalue weighted by Gasteiger charge is 2.16. The van der Waals surface area contributed by atoms with E-state index in [0.717, 1.165) is 10.2 Å². The molecule has 3 rings (SSSR count). The number of nitrogens with one attached hydrogen (secondary N) is 1. The van der Waals surface area contributed by atoms with Gasteiger partial charge in [-0.1, -0.05) is 0 Å². The number of carbonyl (C=O) groups excluding carboxylic acids is 1. The Bertz CT molecular complexity index is 942. The zero-order valence-electron chi connectivity index (χ0n) is 13.5. The van der Waals surface area contributed by atoms with Gasteiger partial charge < -0.3 is 19.9 Å². The fraction of sp³-hybridized carbons (Fsp3) is 0.176. The third-order valence-electron chi connectivity index (χ3n) is 3.54. The van der Waals surface area contributed by atoms with E-state index in [-0.39, 0.29) is 12.5 Å². The lowest BCUT2D eigenvalue weighted by Gasteiger charge is -2.12. The molecule has 0 radical (unpaired) electrons. The van der Waals surface area contributed by atoms with Crippen LogP contribution in [0.3, 0.4) is 0 Å². The average molecular weight is 423 g/mol. The van der Waals surface area contributed by atoms with Gasteiger partial charge in [0.15, 0.2) is 11.5 Å². The molecule has 3 aromatic rings. The van der Waals surface area contributed by atoms with Crippen molar-refractivity contribution < 1.29 is 19.4 Å². The van der Waals surface area contributed by atoms with Gasteiger partial charge in [0, 0.05) is 10.2 Å². The van der Waals surface area contributed by atoms with Crippen LogP contribution in [0.1, 0.15) is 15.4 Å². The van der Waals surface area contributed by atoms with Crippen LogP contribution in [0.25, 0.3) is 10.2 Å². The number of carbonyl (C=O) groups is 1. The van der Waals surface area contributed by atoms with Crippen molar-refractivity contribution in [2.24, 2.45) is 0 Å². The van der Waals surface area contributed by atoms with Crippen molar-refractivity contribution in [3.8, 4) is 11.5 Å². The molecule has 0 bridgehead atoms. The fourth-order valence-corrected chi connectivity index (χ4v) is 3.66. The largest absolute Gasteiger partial charge is 0.493 e. The van der Waals surface area contributed by atoms with Crippen LogP contribution in [0, 0.1) is 0 Å². The van der Waals surface area contributed by atoms with E-state index in [1.165, 1.54) is 25.6 Å². The predicted molar refractivity (Wildman–Crippen MR) is 101 cm³/mol. The maximum atomic E-state index is 12.6. The molecule has 0 unspecified atom stereocenters. The Morgan fingerprint density at radius 3 is 2.64 bits per heavy atom. The van der Waals surface area contributed by atoms with Gasteiger partial charge in [0.25, 0.3) is 5.91 Å². The van der Waals surface area contributed by atoms with Gasteiger partial charge in [-0.15, -0.1) is 11.3 Å². The number of nitrogens with zero attached hydrogens (tertiary/aromatic N) is 1. The smallest absolute Gasteiger partial charge is 0.256 e. The lowest BCUT2D eigenvalue weighted by Crippen LogP contribution is -2.13. The topological polar surface area (TPSA) is 80.7 Å². The van der Waals surface area contributed by atoms with E-state index < -0.39 is 0 Å².